The smallest absolute Gasteiger partial charge is 0.371 e. The molecule has 3 rings (SSSR count). The van der Waals surface area contributed by atoms with E-state index in [0.29, 0.717) is 29.4 Å². The van der Waals surface area contributed by atoms with E-state index in [1.807, 2.05) is 36.4 Å². The summed E-state index contributed by atoms with van der Waals surface area (Å²) < 4.78 is 10.8. The fraction of sp³-hybridized carbons (Fsp3) is 0.250. The van der Waals surface area contributed by atoms with Crippen LogP contribution < -0.4 is 15.0 Å². The van der Waals surface area contributed by atoms with E-state index in [-0.39, 0.29) is 18.4 Å². The third-order valence-corrected chi connectivity index (χ3v) is 5.27. The van der Waals surface area contributed by atoms with Crippen LogP contribution in [-0.4, -0.2) is 42.4 Å². The van der Waals surface area contributed by atoms with Crippen LogP contribution in [-0.2, 0) is 9.53 Å². The maximum absolute atomic E-state index is 12.8. The molecule has 8 nitrogen and oxygen atoms in total. The van der Waals surface area contributed by atoms with Gasteiger partial charge < -0.3 is 19.9 Å². The molecule has 2 N–H and O–H groups in total. The van der Waals surface area contributed by atoms with E-state index in [1.54, 1.807) is 44.3 Å². The molecule has 0 spiro atoms. The van der Waals surface area contributed by atoms with Crippen LogP contribution in [0.2, 0.25) is 0 Å². The Morgan fingerprint density at radius 1 is 1.03 bits per heavy atom. The zero-order valence-corrected chi connectivity index (χ0v) is 20.7. The minimum absolute atomic E-state index is 0.114. The van der Waals surface area contributed by atoms with Gasteiger partial charge in [-0.1, -0.05) is 43.7 Å². The molecule has 0 fully saturated rings. The van der Waals surface area contributed by atoms with Crippen molar-refractivity contribution in [2.75, 3.05) is 30.5 Å². The number of anilines is 2. The van der Waals surface area contributed by atoms with Crippen LogP contribution in [0.15, 0.2) is 72.5 Å². The van der Waals surface area contributed by atoms with E-state index in [1.165, 1.54) is 11.0 Å². The van der Waals surface area contributed by atoms with Gasteiger partial charge in [-0.15, -0.1) is 0 Å². The first-order valence-corrected chi connectivity index (χ1v) is 11.8. The third-order valence-electron chi connectivity index (χ3n) is 5.27. The first kappa shape index (κ1) is 26.3. The van der Waals surface area contributed by atoms with E-state index in [4.69, 9.17) is 9.47 Å². The van der Waals surface area contributed by atoms with Crippen molar-refractivity contribution in [3.63, 3.8) is 0 Å². The van der Waals surface area contributed by atoms with Gasteiger partial charge in [0.2, 0.25) is 5.76 Å². The predicted molar refractivity (Wildman–Crippen MR) is 141 cm³/mol. The standard InChI is InChI=1S/C28H31N3O5/c1-4-6-18-36-23-16-14-22(15-17-23)29-28(34)31(3)26-9-7-8-24(30-26)21-12-10-20(11-13-21)19-25(27(32)33)35-5-2/h7-17,19H,4-6,18H2,1-3H3,(H,29,34)(H,32,33)/b25-19+. The first-order valence-electron chi connectivity index (χ1n) is 11.8. The van der Waals surface area contributed by atoms with Gasteiger partial charge in [-0.3, -0.25) is 4.90 Å². The molecule has 0 unspecified atom stereocenters. The summed E-state index contributed by atoms with van der Waals surface area (Å²) in [4.78, 5) is 30.1. The molecule has 8 heteroatoms. The Balaban J connectivity index is 1.68. The number of aromatic nitrogens is 1. The fourth-order valence-corrected chi connectivity index (χ4v) is 3.27. The van der Waals surface area contributed by atoms with Crippen molar-refractivity contribution in [3.8, 4) is 17.0 Å². The Hall–Kier alpha value is -4.33. The van der Waals surface area contributed by atoms with Crippen LogP contribution in [0.1, 0.15) is 32.3 Å². The number of ether oxygens (including phenoxy) is 2. The zero-order valence-electron chi connectivity index (χ0n) is 20.7. The van der Waals surface area contributed by atoms with Crippen LogP contribution in [0.3, 0.4) is 0 Å². The highest BCUT2D eigenvalue weighted by Gasteiger charge is 2.14. The van der Waals surface area contributed by atoms with Crippen LogP contribution in [0.4, 0.5) is 16.3 Å². The lowest BCUT2D eigenvalue weighted by molar-refractivity contribution is -0.136. The monoisotopic (exact) mass is 489 g/mol. The van der Waals surface area contributed by atoms with E-state index < -0.39 is 5.97 Å². The van der Waals surface area contributed by atoms with Crippen molar-refractivity contribution in [3.05, 3.63) is 78.1 Å². The normalized spacial score (nSPS) is 11.0. The Morgan fingerprint density at radius 3 is 2.39 bits per heavy atom. The van der Waals surface area contributed by atoms with Gasteiger partial charge in [0.1, 0.15) is 11.6 Å². The highest BCUT2D eigenvalue weighted by molar-refractivity contribution is 6.00. The van der Waals surface area contributed by atoms with Gasteiger partial charge in [0.15, 0.2) is 0 Å². The summed E-state index contributed by atoms with van der Waals surface area (Å²) in [6, 6.07) is 19.6. The second-order valence-electron chi connectivity index (χ2n) is 7.97. The van der Waals surface area contributed by atoms with Gasteiger partial charge in [0.05, 0.1) is 18.9 Å². The number of unbranched alkanes of at least 4 members (excludes halogenated alkanes) is 1. The number of urea groups is 1. The molecule has 2 amide bonds. The number of carboxylic acid groups (broad SMARTS) is 1. The summed E-state index contributed by atoms with van der Waals surface area (Å²) in [6.07, 6.45) is 3.54. The number of hydrogen-bond donors (Lipinski definition) is 2. The summed E-state index contributed by atoms with van der Waals surface area (Å²) >= 11 is 0. The molecule has 1 heterocycles. The molecule has 0 saturated carbocycles. The Labute approximate surface area is 211 Å². The SMILES string of the molecule is CCCCOc1ccc(NC(=O)N(C)c2cccc(-c3ccc(/C=C(/OCC)C(=O)O)cc3)n2)cc1. The van der Waals surface area contributed by atoms with Crippen LogP contribution in [0.25, 0.3) is 17.3 Å². The van der Waals surface area contributed by atoms with Crippen molar-refractivity contribution in [1.29, 1.82) is 0 Å². The van der Waals surface area contributed by atoms with Crippen molar-refractivity contribution in [1.82, 2.24) is 4.98 Å². The molecule has 0 bridgehead atoms. The molecule has 36 heavy (non-hydrogen) atoms. The van der Waals surface area contributed by atoms with Crippen LogP contribution in [0.5, 0.6) is 5.75 Å². The molecular formula is C28H31N3O5. The molecule has 1 aromatic heterocycles. The molecule has 0 aliphatic carbocycles. The molecule has 2 aromatic carbocycles. The second-order valence-corrected chi connectivity index (χ2v) is 7.97. The number of pyridine rings is 1. The minimum atomic E-state index is -1.12. The number of amides is 2. The molecule has 3 aromatic rings. The lowest BCUT2D eigenvalue weighted by Gasteiger charge is -2.18. The number of carbonyl (C=O) groups is 2. The van der Waals surface area contributed by atoms with Crippen LogP contribution >= 0.6 is 0 Å². The minimum Gasteiger partial charge on any atom is -0.494 e. The van der Waals surface area contributed by atoms with E-state index in [9.17, 15) is 14.7 Å². The van der Waals surface area contributed by atoms with Gasteiger partial charge in [0.25, 0.3) is 0 Å². The average molecular weight is 490 g/mol. The average Bonchev–Trinajstić information content (AvgIpc) is 2.89. The summed E-state index contributed by atoms with van der Waals surface area (Å²) in [7, 11) is 1.65. The summed E-state index contributed by atoms with van der Waals surface area (Å²) in [5.74, 6) is 0.0188. The zero-order chi connectivity index (χ0) is 25.9. The Kier molecular flexibility index (Phi) is 9.45. The first-order chi connectivity index (χ1) is 17.4. The highest BCUT2D eigenvalue weighted by atomic mass is 16.5. The molecule has 0 aliphatic rings. The Morgan fingerprint density at radius 2 is 1.75 bits per heavy atom. The van der Waals surface area contributed by atoms with Crippen molar-refractivity contribution in [2.24, 2.45) is 0 Å². The summed E-state index contributed by atoms with van der Waals surface area (Å²) in [5.41, 5.74) is 2.86. The topological polar surface area (TPSA) is 101 Å². The second kappa shape index (κ2) is 12.9. The molecule has 0 atom stereocenters. The van der Waals surface area contributed by atoms with Crippen molar-refractivity contribution < 1.29 is 24.2 Å². The van der Waals surface area contributed by atoms with Gasteiger partial charge in [0, 0.05) is 18.3 Å². The number of nitrogens with zero attached hydrogens (tertiary/aromatic N) is 2. The third kappa shape index (κ3) is 7.33. The molecule has 0 saturated heterocycles. The van der Waals surface area contributed by atoms with Gasteiger partial charge in [-0.2, -0.15) is 0 Å². The molecule has 0 radical (unpaired) electrons. The van der Waals surface area contributed by atoms with Crippen molar-refractivity contribution in [2.45, 2.75) is 26.7 Å². The summed E-state index contributed by atoms with van der Waals surface area (Å²) in [6.45, 7) is 4.78. The molecule has 0 aliphatic heterocycles. The highest BCUT2D eigenvalue weighted by Crippen LogP contribution is 2.23. The molecule has 188 valence electrons. The van der Waals surface area contributed by atoms with Crippen LogP contribution in [0, 0.1) is 0 Å². The number of benzene rings is 2. The largest absolute Gasteiger partial charge is 0.494 e. The number of carboxylic acids is 1. The predicted octanol–water partition coefficient (Wildman–Crippen LogP) is 6.06. The number of rotatable bonds is 11. The lowest BCUT2D eigenvalue weighted by atomic mass is 10.1. The quantitative estimate of drug-likeness (QED) is 0.193. The van der Waals surface area contributed by atoms with Gasteiger partial charge in [-0.25, -0.2) is 14.6 Å². The maximum Gasteiger partial charge on any atom is 0.371 e. The van der Waals surface area contributed by atoms with E-state index in [0.717, 1.165) is 24.2 Å². The van der Waals surface area contributed by atoms with E-state index in [2.05, 4.69) is 17.2 Å². The van der Waals surface area contributed by atoms with Gasteiger partial charge in [-0.05, 0) is 61.4 Å². The van der Waals surface area contributed by atoms with E-state index >= 15 is 0 Å². The Bertz CT molecular complexity index is 1190. The number of hydrogen-bond acceptors (Lipinski definition) is 5. The number of carbonyl (C=O) groups excluding carboxylic acids is 1. The number of nitrogens with one attached hydrogen (secondary N) is 1. The number of aliphatic carboxylic acids is 1. The summed E-state index contributed by atoms with van der Waals surface area (Å²) in [5, 5.41) is 12.1. The fourth-order valence-electron chi connectivity index (χ4n) is 3.27. The van der Waals surface area contributed by atoms with Gasteiger partial charge >= 0.3 is 12.0 Å². The maximum atomic E-state index is 12.8. The lowest BCUT2D eigenvalue weighted by Crippen LogP contribution is -2.31. The van der Waals surface area contributed by atoms with Crippen molar-refractivity contribution >= 4 is 29.6 Å². The molecular weight excluding hydrogens is 458 g/mol.